The van der Waals surface area contributed by atoms with E-state index >= 15 is 0 Å². The van der Waals surface area contributed by atoms with Crippen LogP contribution in [0.25, 0.3) is 0 Å². The van der Waals surface area contributed by atoms with Crippen molar-refractivity contribution in [3.63, 3.8) is 0 Å². The van der Waals surface area contributed by atoms with Crippen LogP contribution in [0.5, 0.6) is 11.5 Å². The van der Waals surface area contributed by atoms with Crippen LogP contribution in [0.2, 0.25) is 0 Å². The zero-order valence-corrected chi connectivity index (χ0v) is 7.53. The quantitative estimate of drug-likeness (QED) is 0.548. The maximum atomic E-state index is 10.8. The van der Waals surface area contributed by atoms with Gasteiger partial charge in [0.15, 0.2) is 11.5 Å². The number of nitrogens with two attached hydrogens (primary N) is 1. The fraction of sp³-hybridized carbons (Fsp3) is 0.300. The first kappa shape index (κ1) is 5.37. The van der Waals surface area contributed by atoms with Crippen molar-refractivity contribution in [2.45, 2.75) is 18.8 Å². The molecule has 0 fully saturated rings. The highest BCUT2D eigenvalue weighted by Crippen LogP contribution is 2.25. The summed E-state index contributed by atoms with van der Waals surface area (Å²) in [5, 5.41) is 27.5. The summed E-state index contributed by atoms with van der Waals surface area (Å²) < 4.78 is 45.0. The van der Waals surface area contributed by atoms with Gasteiger partial charge < -0.3 is 21.1 Å². The number of hydrogen-bond donors (Lipinski definition) is 4. The lowest BCUT2D eigenvalue weighted by molar-refractivity contribution is -0.138. The average molecular weight is 217 g/mol. The van der Waals surface area contributed by atoms with Gasteiger partial charge in [0.1, 0.15) is 6.02 Å². The first-order chi connectivity index (χ1) is 9.34. The van der Waals surface area contributed by atoms with Gasteiger partial charge in [0, 0.05) is 2.74 Å². The molecule has 15 heavy (non-hydrogen) atoms. The van der Waals surface area contributed by atoms with E-state index in [4.69, 9.17) is 19.1 Å². The van der Waals surface area contributed by atoms with Gasteiger partial charge in [0.25, 0.3) is 0 Å². The number of aromatic hydroxyl groups is 2. The zero-order chi connectivity index (χ0) is 16.7. The molecule has 0 aliphatic carbocycles. The molecule has 0 aliphatic rings. The lowest BCUT2D eigenvalue weighted by atomic mass is 10.1. The summed E-state index contributed by atoms with van der Waals surface area (Å²) in [6.45, 7) is 0. The van der Waals surface area contributed by atoms with Gasteiger partial charge in [-0.05, 0) is 30.4 Å². The molecule has 5 nitrogen and oxygen atoms in total. The number of rotatable bonds is 4. The second-order valence-corrected chi connectivity index (χ2v) is 2.62. The van der Waals surface area contributed by atoms with Gasteiger partial charge in [-0.3, -0.25) is 4.79 Å². The summed E-state index contributed by atoms with van der Waals surface area (Å²) in [5.74, 6) is -3.97. The fourth-order valence-corrected chi connectivity index (χ4v) is 0.775. The number of carbonyl (C=O) groups is 1. The van der Waals surface area contributed by atoms with Crippen molar-refractivity contribution in [2.75, 3.05) is 0 Å². The third-order valence-electron chi connectivity index (χ3n) is 1.51. The van der Waals surface area contributed by atoms with Crippen LogP contribution in [0.15, 0.2) is 18.1 Å². The number of phenols is 2. The van der Waals surface area contributed by atoms with Gasteiger partial charge in [-0.15, -0.1) is 0 Å². The van der Waals surface area contributed by atoms with Crippen molar-refractivity contribution < 1.29 is 28.3 Å². The minimum Gasteiger partial charge on any atom is -0.504 e. The normalized spacial score (nSPS) is 21.1. The number of carboxylic acids is 1. The van der Waals surface area contributed by atoms with Crippen molar-refractivity contribution in [1.29, 1.82) is 0 Å². The minimum absolute atomic E-state index is 0.524. The third-order valence-corrected chi connectivity index (χ3v) is 1.51. The van der Waals surface area contributed by atoms with E-state index in [1.165, 1.54) is 0 Å². The summed E-state index contributed by atoms with van der Waals surface area (Å²) in [7, 11) is 0. The van der Waals surface area contributed by atoms with Crippen LogP contribution in [-0.4, -0.2) is 27.3 Å². The largest absolute Gasteiger partial charge is 0.504 e. The zero-order valence-electron chi connectivity index (χ0n) is 13.5. The van der Waals surface area contributed by atoms with Crippen LogP contribution >= 0.6 is 0 Å². The highest BCUT2D eigenvalue weighted by molar-refractivity contribution is 5.73. The maximum absolute atomic E-state index is 10.8. The molecule has 1 aromatic carbocycles. The van der Waals surface area contributed by atoms with E-state index in [0.29, 0.717) is 0 Å². The van der Waals surface area contributed by atoms with E-state index in [1.54, 1.807) is 0 Å². The number of phenolic OH excluding ortho intramolecular Hbond substituents is 2. The molecular weight excluding hydrogens is 198 g/mol. The summed E-state index contributed by atoms with van der Waals surface area (Å²) in [6, 6.07) is -5.46. The smallest absolute Gasteiger partial charge is 0.320 e. The second-order valence-electron chi connectivity index (χ2n) is 2.62. The van der Waals surface area contributed by atoms with E-state index in [2.05, 4.69) is 0 Å². The molecular formula is C10H13NO4. The molecule has 0 spiro atoms. The Balaban J connectivity index is 3.42. The molecule has 5 N–H and O–H groups in total. The van der Waals surface area contributed by atoms with E-state index in [1.807, 2.05) is 0 Å². The van der Waals surface area contributed by atoms with Crippen LogP contribution < -0.4 is 5.73 Å². The molecule has 82 valence electrons. The summed E-state index contributed by atoms with van der Waals surface area (Å²) in [4.78, 5) is 10.8. The number of aliphatic carboxylic acids is 1. The molecule has 0 bridgehead atoms. The van der Waals surface area contributed by atoms with Crippen molar-refractivity contribution >= 4 is 5.97 Å². The maximum Gasteiger partial charge on any atom is 0.320 e. The van der Waals surface area contributed by atoms with Crippen molar-refractivity contribution in [2.24, 2.45) is 5.73 Å². The Bertz CT molecular complexity index is 575. The second kappa shape index (κ2) is 4.65. The summed E-state index contributed by atoms with van der Waals surface area (Å²) in [6.07, 6.45) is -3.85. The van der Waals surface area contributed by atoms with Gasteiger partial charge in [-0.2, -0.15) is 0 Å². The van der Waals surface area contributed by atoms with Crippen molar-refractivity contribution in [3.8, 4) is 11.5 Å². The average Bonchev–Trinajstić information content (AvgIpc) is 2.38. The summed E-state index contributed by atoms with van der Waals surface area (Å²) in [5.41, 5.74) is 4.58. The lowest BCUT2D eigenvalue weighted by Gasteiger charge is -2.06. The molecule has 0 radical (unpaired) electrons. The summed E-state index contributed by atoms with van der Waals surface area (Å²) >= 11 is 0. The van der Waals surface area contributed by atoms with Crippen LogP contribution in [0.4, 0.5) is 0 Å². The molecule has 5 heteroatoms. The first-order valence-corrected chi connectivity index (χ1v) is 3.87. The van der Waals surface area contributed by atoms with Gasteiger partial charge in [-0.25, -0.2) is 0 Å². The van der Waals surface area contributed by atoms with Crippen LogP contribution in [0, 0.1) is 0 Å². The molecule has 0 saturated heterocycles. The Morgan fingerprint density at radius 1 is 1.60 bits per heavy atom. The van der Waals surface area contributed by atoms with Gasteiger partial charge in [0.05, 0.1) is 5.48 Å². The molecule has 0 saturated carbocycles. The monoisotopic (exact) mass is 217 g/mol. The molecule has 0 aromatic heterocycles. The topological polar surface area (TPSA) is 104 Å². The van der Waals surface area contributed by atoms with E-state index < -0.39 is 60.0 Å². The number of hydrogen-bond acceptors (Lipinski definition) is 4. The Kier molecular flexibility index (Phi) is 1.67. The van der Waals surface area contributed by atoms with E-state index in [9.17, 15) is 15.0 Å². The number of benzene rings is 1. The predicted molar refractivity (Wildman–Crippen MR) is 53.7 cm³/mol. The molecule has 0 aliphatic heterocycles. The van der Waals surface area contributed by atoms with Gasteiger partial charge in [-0.1, -0.05) is 6.04 Å². The SMILES string of the molecule is [2H]c1c([2H])c(CC([2H])([2H])C([2H])(N)C(=O)O)c([2H])c(O)c1O. The van der Waals surface area contributed by atoms with Crippen LogP contribution in [0.3, 0.4) is 0 Å². The van der Waals surface area contributed by atoms with Crippen molar-refractivity contribution in [1.82, 2.24) is 0 Å². The highest BCUT2D eigenvalue weighted by atomic mass is 16.4. The fourth-order valence-electron chi connectivity index (χ4n) is 0.775. The minimum atomic E-state index is -3.05. The molecule has 1 rings (SSSR count). The Morgan fingerprint density at radius 2 is 2.27 bits per heavy atom. The molecule has 1 atom stereocenters. The molecule has 1 unspecified atom stereocenters. The standard InChI is InChI=1S/C10H13NO4/c11-7(10(14)15)3-1-6-2-4-8(12)9(13)5-6/h2,4-5,7,12-13H,1,3,11H2,(H,14,15)/i2D,3D2,4D,5D,7D. The third kappa shape index (κ3) is 3.14. The van der Waals surface area contributed by atoms with Gasteiger partial charge >= 0.3 is 5.97 Å². The Labute approximate surface area is 95.2 Å². The molecule has 1 aromatic rings. The van der Waals surface area contributed by atoms with E-state index in [-0.39, 0.29) is 0 Å². The number of carboxylic acid groups (broad SMARTS) is 1. The Morgan fingerprint density at radius 3 is 2.87 bits per heavy atom. The first-order valence-electron chi connectivity index (χ1n) is 6.87. The molecule has 0 heterocycles. The Hall–Kier alpha value is -1.75. The van der Waals surface area contributed by atoms with Crippen molar-refractivity contribution in [3.05, 3.63) is 23.7 Å². The lowest BCUT2D eigenvalue weighted by Crippen LogP contribution is -2.30. The molecule has 0 amide bonds. The van der Waals surface area contributed by atoms with E-state index in [0.717, 1.165) is 0 Å². The van der Waals surface area contributed by atoms with Gasteiger partial charge in [0.2, 0.25) is 0 Å². The highest BCUT2D eigenvalue weighted by Gasteiger charge is 2.11. The van der Waals surface area contributed by atoms with Crippen LogP contribution in [-0.2, 0) is 11.2 Å². The van der Waals surface area contributed by atoms with Crippen LogP contribution in [0.1, 0.15) is 20.2 Å². The predicted octanol–water partition coefficient (Wildman–Crippen LogP) is 0.442.